The van der Waals surface area contributed by atoms with Gasteiger partial charge in [0.25, 0.3) is 11.1 Å². The first-order valence-electron chi connectivity index (χ1n) is 4.93. The van der Waals surface area contributed by atoms with Crippen molar-refractivity contribution in [3.8, 4) is 0 Å². The fourth-order valence-electron chi connectivity index (χ4n) is 0.285. The molecule has 0 aromatic heterocycles. The summed E-state index contributed by atoms with van der Waals surface area (Å²) in [6.45, 7) is 7.29. The smallest absolute Gasteiger partial charge is 0.287 e. The Balaban J connectivity index is -0.0000000875. The topological polar surface area (TPSA) is 106 Å². The van der Waals surface area contributed by atoms with Crippen LogP contribution in [0.3, 0.4) is 0 Å². The lowest BCUT2D eigenvalue weighted by molar-refractivity contribution is -0.136. The van der Waals surface area contributed by atoms with Gasteiger partial charge in [0.2, 0.25) is 11.6 Å². The Kier molecular flexibility index (Phi) is 25.7. The van der Waals surface area contributed by atoms with Gasteiger partial charge in [-0.25, -0.2) is 0 Å². The Labute approximate surface area is 113 Å². The van der Waals surface area contributed by atoms with Crippen molar-refractivity contribution >= 4 is 34.3 Å². The van der Waals surface area contributed by atoms with E-state index in [-0.39, 0.29) is 7.43 Å². The number of nitrogens with one attached hydrogen (secondary N) is 1. The van der Waals surface area contributed by atoms with E-state index in [1.54, 1.807) is 6.92 Å². The molecule has 0 aliphatic rings. The average molecular weight is 283 g/mol. The molecule has 0 saturated carbocycles. The molecule has 0 fully saturated rings. The molecule has 0 atom stereocenters. The number of ketones is 2. The number of halogens is 1. The SMILES string of the molecule is C.CC(=O)C(=O)Cl.CCN.CCNC(=O)C(C)=O. The lowest BCUT2D eigenvalue weighted by Crippen LogP contribution is -2.28. The quantitative estimate of drug-likeness (QED) is 0.584. The van der Waals surface area contributed by atoms with Crippen LogP contribution in [0.1, 0.15) is 35.1 Å². The van der Waals surface area contributed by atoms with Crippen molar-refractivity contribution in [3.05, 3.63) is 0 Å². The number of nitrogens with two attached hydrogens (primary N) is 1. The molecule has 0 aromatic rings. The van der Waals surface area contributed by atoms with Crippen LogP contribution in [0.2, 0.25) is 0 Å². The first-order chi connectivity index (χ1) is 7.74. The van der Waals surface area contributed by atoms with E-state index >= 15 is 0 Å². The van der Waals surface area contributed by atoms with E-state index in [9.17, 15) is 19.2 Å². The van der Waals surface area contributed by atoms with Crippen LogP contribution in [-0.4, -0.2) is 35.8 Å². The third-order valence-electron chi connectivity index (χ3n) is 0.934. The van der Waals surface area contributed by atoms with Crippen LogP contribution in [0.15, 0.2) is 0 Å². The number of rotatable bonds is 3. The molecule has 6 nitrogen and oxygen atoms in total. The average Bonchev–Trinajstić information content (AvgIpc) is 2.19. The van der Waals surface area contributed by atoms with Crippen molar-refractivity contribution in [2.75, 3.05) is 13.1 Å². The summed E-state index contributed by atoms with van der Waals surface area (Å²) in [5.74, 6) is -1.56. The van der Waals surface area contributed by atoms with Crippen molar-refractivity contribution in [1.29, 1.82) is 0 Å². The minimum Gasteiger partial charge on any atom is -0.350 e. The largest absolute Gasteiger partial charge is 0.350 e. The van der Waals surface area contributed by atoms with Gasteiger partial charge in [-0.15, -0.1) is 0 Å². The number of carbonyl (C=O) groups is 4. The summed E-state index contributed by atoms with van der Waals surface area (Å²) in [6, 6.07) is 0. The predicted octanol–water partition coefficient (Wildman–Crippen LogP) is 0.653. The van der Waals surface area contributed by atoms with E-state index in [0.29, 0.717) is 6.54 Å². The number of likely N-dealkylation sites (N-methyl/N-ethyl adjacent to an activating group) is 1. The van der Waals surface area contributed by atoms with Crippen molar-refractivity contribution in [1.82, 2.24) is 5.32 Å². The first-order valence-corrected chi connectivity index (χ1v) is 5.31. The van der Waals surface area contributed by atoms with Crippen LogP contribution in [0.25, 0.3) is 0 Å². The van der Waals surface area contributed by atoms with Gasteiger partial charge in [0.15, 0.2) is 0 Å². The van der Waals surface area contributed by atoms with Crippen molar-refractivity contribution in [3.63, 3.8) is 0 Å². The predicted molar refractivity (Wildman–Crippen MR) is 72.4 cm³/mol. The first kappa shape index (κ1) is 25.5. The van der Waals surface area contributed by atoms with Crippen LogP contribution in [0.4, 0.5) is 0 Å². The van der Waals surface area contributed by atoms with E-state index in [1.165, 1.54) is 6.92 Å². The molecule has 0 aliphatic heterocycles. The Morgan fingerprint density at radius 3 is 1.39 bits per heavy atom. The normalized spacial score (nSPS) is 7.22. The van der Waals surface area contributed by atoms with E-state index in [1.807, 2.05) is 6.92 Å². The second-order valence-corrected chi connectivity index (χ2v) is 3.00. The maximum Gasteiger partial charge on any atom is 0.287 e. The summed E-state index contributed by atoms with van der Waals surface area (Å²) >= 11 is 4.62. The van der Waals surface area contributed by atoms with Gasteiger partial charge in [-0.05, 0) is 25.1 Å². The number of Topliss-reactive ketones (excluding diaryl/α,β-unsaturated/α-hetero) is 2. The van der Waals surface area contributed by atoms with E-state index in [4.69, 9.17) is 5.73 Å². The van der Waals surface area contributed by atoms with Crippen LogP contribution in [-0.2, 0) is 19.2 Å². The summed E-state index contributed by atoms with van der Waals surface area (Å²) in [7, 11) is 0. The van der Waals surface area contributed by atoms with Gasteiger partial charge in [-0.3, -0.25) is 19.2 Å². The van der Waals surface area contributed by atoms with Gasteiger partial charge in [-0.1, -0.05) is 14.4 Å². The molecule has 108 valence electrons. The Hall–Kier alpha value is -1.27. The Morgan fingerprint density at radius 2 is 1.33 bits per heavy atom. The third kappa shape index (κ3) is 29.3. The zero-order valence-electron chi connectivity index (χ0n) is 10.5. The van der Waals surface area contributed by atoms with E-state index < -0.39 is 22.7 Å². The zero-order chi connectivity index (χ0) is 14.4. The highest BCUT2D eigenvalue weighted by molar-refractivity contribution is 6.80. The lowest BCUT2D eigenvalue weighted by atomic mass is 10.4. The van der Waals surface area contributed by atoms with Gasteiger partial charge in [0.05, 0.1) is 0 Å². The van der Waals surface area contributed by atoms with Gasteiger partial charge in [0.1, 0.15) is 0 Å². The molecular formula is C11H23ClN2O4. The lowest BCUT2D eigenvalue weighted by Gasteiger charge is -1.93. The summed E-state index contributed by atoms with van der Waals surface area (Å²) in [5.41, 5.74) is 4.85. The fraction of sp³-hybridized carbons (Fsp3) is 0.636. The molecule has 0 heterocycles. The molecule has 7 heteroatoms. The highest BCUT2D eigenvalue weighted by Crippen LogP contribution is 1.77. The molecule has 0 aliphatic carbocycles. The molecule has 0 spiro atoms. The number of hydrogen-bond acceptors (Lipinski definition) is 5. The number of hydrogen-bond donors (Lipinski definition) is 2. The van der Waals surface area contributed by atoms with Crippen LogP contribution in [0.5, 0.6) is 0 Å². The number of amides is 1. The molecule has 0 unspecified atom stereocenters. The molecule has 0 bridgehead atoms. The third-order valence-corrected chi connectivity index (χ3v) is 1.20. The fourth-order valence-corrected chi connectivity index (χ4v) is 0.285. The van der Waals surface area contributed by atoms with E-state index in [2.05, 4.69) is 16.9 Å². The molecule has 3 N–H and O–H groups in total. The maximum atomic E-state index is 10.3. The van der Waals surface area contributed by atoms with Gasteiger partial charge in [0, 0.05) is 20.4 Å². The van der Waals surface area contributed by atoms with Crippen LogP contribution >= 0.6 is 11.6 Å². The maximum absolute atomic E-state index is 10.3. The second kappa shape index (κ2) is 18.1. The standard InChI is InChI=1S/C5H9NO2.C3H3ClO2.C2H7N.CH4/c1-3-6-5(8)4(2)7;1-2(5)3(4)6;1-2-3;/h3H2,1-2H3,(H,6,8);1H3;2-3H2,1H3;1H4. The zero-order valence-corrected chi connectivity index (χ0v) is 11.3. The van der Waals surface area contributed by atoms with Gasteiger partial charge < -0.3 is 11.1 Å². The van der Waals surface area contributed by atoms with Crippen molar-refractivity contribution in [2.45, 2.75) is 35.1 Å². The minimum atomic E-state index is -0.907. The van der Waals surface area contributed by atoms with Gasteiger partial charge >= 0.3 is 0 Å². The molecule has 0 radical (unpaired) electrons. The Bertz CT molecular complexity index is 256. The highest BCUT2D eigenvalue weighted by Gasteiger charge is 2.02. The molecule has 18 heavy (non-hydrogen) atoms. The molecule has 1 amide bonds. The summed E-state index contributed by atoms with van der Waals surface area (Å²) in [4.78, 5) is 39.6. The summed E-state index contributed by atoms with van der Waals surface area (Å²) < 4.78 is 0. The molecule has 0 rings (SSSR count). The molecular weight excluding hydrogens is 260 g/mol. The van der Waals surface area contributed by atoms with Crippen molar-refractivity contribution < 1.29 is 19.2 Å². The summed E-state index contributed by atoms with van der Waals surface area (Å²) in [5, 5.41) is 1.45. The van der Waals surface area contributed by atoms with E-state index in [0.717, 1.165) is 13.5 Å². The highest BCUT2D eigenvalue weighted by atomic mass is 35.5. The van der Waals surface area contributed by atoms with Gasteiger partial charge in [-0.2, -0.15) is 0 Å². The minimum absolute atomic E-state index is 0. The monoisotopic (exact) mass is 282 g/mol. The molecule has 0 saturated heterocycles. The van der Waals surface area contributed by atoms with Crippen molar-refractivity contribution in [2.24, 2.45) is 5.73 Å². The summed E-state index contributed by atoms with van der Waals surface area (Å²) in [6.07, 6.45) is 0. The number of carbonyl (C=O) groups excluding carboxylic acids is 4. The Morgan fingerprint density at radius 1 is 1.06 bits per heavy atom. The second-order valence-electron chi connectivity index (χ2n) is 2.65. The van der Waals surface area contributed by atoms with Crippen LogP contribution < -0.4 is 11.1 Å². The molecule has 0 aromatic carbocycles. The van der Waals surface area contributed by atoms with Crippen LogP contribution in [0, 0.1) is 0 Å².